The van der Waals surface area contributed by atoms with Crippen LogP contribution in [0, 0.1) is 0 Å². The van der Waals surface area contributed by atoms with Crippen molar-refractivity contribution in [2.24, 2.45) is 5.84 Å². The van der Waals surface area contributed by atoms with Crippen molar-refractivity contribution in [2.45, 2.75) is 24.9 Å². The van der Waals surface area contributed by atoms with Crippen molar-refractivity contribution in [3.8, 4) is 0 Å². The van der Waals surface area contributed by atoms with Gasteiger partial charge < -0.3 is 9.84 Å². The Morgan fingerprint density at radius 3 is 2.22 bits per heavy atom. The van der Waals surface area contributed by atoms with E-state index in [9.17, 15) is 18.0 Å². The quantitative estimate of drug-likeness (QED) is 0.435. The Morgan fingerprint density at radius 1 is 1.22 bits per heavy atom. The van der Waals surface area contributed by atoms with Gasteiger partial charge in [0.1, 0.15) is 0 Å². The molecule has 1 aromatic carbocycles. The number of hydrogen-bond donors (Lipinski definition) is 3. The number of amides is 1. The Morgan fingerprint density at radius 2 is 1.74 bits per heavy atom. The lowest BCUT2D eigenvalue weighted by Crippen LogP contribution is -2.31. The standard InChI is InChI=1S/C12H16N2O2.C2HF3O2/c13-14-12(15)11-4-2-1-3-10(11)9-5-7-16-8-6-9;3-2(4,5)1(6)7/h1-4,9H,5-8,13H2,(H,14,15);(H,6,7). The van der Waals surface area contributed by atoms with E-state index < -0.39 is 12.1 Å². The van der Waals surface area contributed by atoms with E-state index in [1.165, 1.54) is 0 Å². The van der Waals surface area contributed by atoms with Crippen LogP contribution in [0.15, 0.2) is 24.3 Å². The summed E-state index contributed by atoms with van der Waals surface area (Å²) in [5, 5.41) is 7.12. The number of benzene rings is 1. The van der Waals surface area contributed by atoms with Gasteiger partial charge in [-0.25, -0.2) is 10.6 Å². The first kappa shape index (κ1) is 18.9. The second-order valence-electron chi connectivity index (χ2n) is 4.75. The van der Waals surface area contributed by atoms with Gasteiger partial charge in [-0.1, -0.05) is 18.2 Å². The number of alkyl halides is 3. The average molecular weight is 334 g/mol. The van der Waals surface area contributed by atoms with Gasteiger partial charge >= 0.3 is 12.1 Å². The lowest BCUT2D eigenvalue weighted by Gasteiger charge is -2.24. The molecule has 1 fully saturated rings. The molecule has 0 aromatic heterocycles. The number of carboxylic acid groups (broad SMARTS) is 1. The Hall–Kier alpha value is -2.13. The van der Waals surface area contributed by atoms with Crippen molar-refractivity contribution in [3.63, 3.8) is 0 Å². The highest BCUT2D eigenvalue weighted by Crippen LogP contribution is 2.29. The summed E-state index contributed by atoms with van der Waals surface area (Å²) >= 11 is 0. The summed E-state index contributed by atoms with van der Waals surface area (Å²) < 4.78 is 37.1. The highest BCUT2D eigenvalue weighted by molar-refractivity contribution is 5.95. The van der Waals surface area contributed by atoms with Crippen LogP contribution in [0.25, 0.3) is 0 Å². The van der Waals surface area contributed by atoms with Gasteiger partial charge in [0.2, 0.25) is 0 Å². The number of aliphatic carboxylic acids is 1. The van der Waals surface area contributed by atoms with Crippen LogP contribution in [0.1, 0.15) is 34.7 Å². The fourth-order valence-corrected chi connectivity index (χ4v) is 2.15. The third-order valence-electron chi connectivity index (χ3n) is 3.24. The van der Waals surface area contributed by atoms with Gasteiger partial charge in [0, 0.05) is 18.8 Å². The van der Waals surface area contributed by atoms with Crippen LogP contribution in [0.4, 0.5) is 13.2 Å². The number of nitrogen functional groups attached to an aromatic ring is 1. The summed E-state index contributed by atoms with van der Waals surface area (Å²) in [6.45, 7) is 1.53. The molecule has 0 saturated carbocycles. The van der Waals surface area contributed by atoms with Gasteiger partial charge in [-0.3, -0.25) is 10.2 Å². The monoisotopic (exact) mass is 334 g/mol. The van der Waals surface area contributed by atoms with Gasteiger partial charge in [0.25, 0.3) is 5.91 Å². The summed E-state index contributed by atoms with van der Waals surface area (Å²) in [5.74, 6) is 2.61. The summed E-state index contributed by atoms with van der Waals surface area (Å²) in [5.41, 5.74) is 3.95. The van der Waals surface area contributed by atoms with Crippen molar-refractivity contribution in [2.75, 3.05) is 13.2 Å². The Balaban J connectivity index is 0.000000322. The average Bonchev–Trinajstić information content (AvgIpc) is 2.54. The van der Waals surface area contributed by atoms with Gasteiger partial charge in [-0.2, -0.15) is 13.2 Å². The maximum atomic E-state index is 11.6. The maximum absolute atomic E-state index is 11.6. The van der Waals surface area contributed by atoms with E-state index in [1.54, 1.807) is 0 Å². The zero-order valence-electron chi connectivity index (χ0n) is 12.1. The minimum Gasteiger partial charge on any atom is -0.475 e. The second kappa shape index (κ2) is 8.49. The lowest BCUT2D eigenvalue weighted by molar-refractivity contribution is -0.192. The molecule has 4 N–H and O–H groups in total. The molecule has 1 aromatic rings. The molecule has 1 aliphatic heterocycles. The van der Waals surface area contributed by atoms with Crippen molar-refractivity contribution >= 4 is 11.9 Å². The van der Waals surface area contributed by atoms with Crippen LogP contribution < -0.4 is 11.3 Å². The molecule has 23 heavy (non-hydrogen) atoms. The van der Waals surface area contributed by atoms with E-state index in [4.69, 9.17) is 20.5 Å². The van der Waals surface area contributed by atoms with Crippen LogP contribution in [0.2, 0.25) is 0 Å². The van der Waals surface area contributed by atoms with Gasteiger partial charge in [0.05, 0.1) is 0 Å². The Bertz CT molecular complexity index is 543. The minimum absolute atomic E-state index is 0.220. The molecule has 0 atom stereocenters. The van der Waals surface area contributed by atoms with E-state index in [-0.39, 0.29) is 5.91 Å². The molecular weight excluding hydrogens is 317 g/mol. The van der Waals surface area contributed by atoms with Crippen LogP contribution in [-0.2, 0) is 9.53 Å². The van der Waals surface area contributed by atoms with Gasteiger partial charge in [-0.05, 0) is 30.4 Å². The van der Waals surface area contributed by atoms with Crippen LogP contribution >= 0.6 is 0 Å². The third-order valence-corrected chi connectivity index (χ3v) is 3.24. The zero-order valence-corrected chi connectivity index (χ0v) is 12.1. The first-order valence-corrected chi connectivity index (χ1v) is 6.75. The summed E-state index contributed by atoms with van der Waals surface area (Å²) in [4.78, 5) is 20.5. The fraction of sp³-hybridized carbons (Fsp3) is 0.429. The first-order chi connectivity index (χ1) is 10.8. The topological polar surface area (TPSA) is 102 Å². The van der Waals surface area contributed by atoms with Crippen molar-refractivity contribution in [1.29, 1.82) is 0 Å². The molecule has 0 bridgehead atoms. The highest BCUT2D eigenvalue weighted by atomic mass is 19.4. The number of halogens is 3. The normalized spacial score (nSPS) is 15.3. The third kappa shape index (κ3) is 5.87. The molecule has 6 nitrogen and oxygen atoms in total. The fourth-order valence-electron chi connectivity index (χ4n) is 2.15. The number of carbonyl (C=O) groups excluding carboxylic acids is 1. The number of rotatable bonds is 2. The van der Waals surface area contributed by atoms with Crippen LogP contribution in [-0.4, -0.2) is 36.4 Å². The maximum Gasteiger partial charge on any atom is 0.490 e. The number of carboxylic acids is 1. The first-order valence-electron chi connectivity index (χ1n) is 6.75. The molecule has 0 aliphatic carbocycles. The van der Waals surface area contributed by atoms with E-state index in [0.717, 1.165) is 31.6 Å². The highest BCUT2D eigenvalue weighted by Gasteiger charge is 2.38. The largest absolute Gasteiger partial charge is 0.490 e. The molecule has 1 heterocycles. The van der Waals surface area contributed by atoms with E-state index in [0.29, 0.717) is 11.5 Å². The molecule has 1 saturated heterocycles. The zero-order chi connectivity index (χ0) is 17.5. The van der Waals surface area contributed by atoms with Crippen molar-refractivity contribution < 1.29 is 32.6 Å². The predicted octanol–water partition coefficient (Wildman–Crippen LogP) is 1.82. The summed E-state index contributed by atoms with van der Waals surface area (Å²) in [6, 6.07) is 7.62. The van der Waals surface area contributed by atoms with E-state index in [1.807, 2.05) is 24.3 Å². The summed E-state index contributed by atoms with van der Waals surface area (Å²) in [6.07, 6.45) is -3.15. The second-order valence-corrected chi connectivity index (χ2v) is 4.75. The lowest BCUT2D eigenvalue weighted by atomic mass is 9.88. The molecule has 0 unspecified atom stereocenters. The molecule has 2 rings (SSSR count). The molecule has 1 amide bonds. The Labute approximate surface area is 130 Å². The molecule has 0 radical (unpaired) electrons. The van der Waals surface area contributed by atoms with Gasteiger partial charge in [0.15, 0.2) is 0 Å². The van der Waals surface area contributed by atoms with Crippen LogP contribution in [0.3, 0.4) is 0 Å². The number of nitrogens with two attached hydrogens (primary N) is 1. The van der Waals surface area contributed by atoms with E-state index in [2.05, 4.69) is 5.43 Å². The van der Waals surface area contributed by atoms with Crippen molar-refractivity contribution in [3.05, 3.63) is 35.4 Å². The smallest absolute Gasteiger partial charge is 0.475 e. The molecule has 0 spiro atoms. The molecular formula is C14H17F3N2O4. The predicted molar refractivity (Wildman–Crippen MR) is 74.6 cm³/mol. The number of ether oxygens (including phenoxy) is 1. The number of nitrogens with one attached hydrogen (secondary N) is 1. The molecule has 9 heteroatoms. The SMILES string of the molecule is NNC(=O)c1ccccc1C1CCOCC1.O=C(O)C(F)(F)F. The van der Waals surface area contributed by atoms with Crippen molar-refractivity contribution in [1.82, 2.24) is 5.43 Å². The summed E-state index contributed by atoms with van der Waals surface area (Å²) in [7, 11) is 0. The van der Waals surface area contributed by atoms with E-state index >= 15 is 0 Å². The minimum atomic E-state index is -5.08. The number of carbonyl (C=O) groups is 2. The number of hydrogen-bond acceptors (Lipinski definition) is 4. The van der Waals surface area contributed by atoms with Crippen LogP contribution in [0.5, 0.6) is 0 Å². The molecule has 128 valence electrons. The number of hydrazine groups is 1. The Kier molecular flexibility index (Phi) is 6.98. The molecule has 1 aliphatic rings. The van der Waals surface area contributed by atoms with Gasteiger partial charge in [-0.15, -0.1) is 0 Å².